The Morgan fingerprint density at radius 1 is 1.70 bits per heavy atom. The molecule has 2 atom stereocenters. The highest BCUT2D eigenvalue weighted by molar-refractivity contribution is 5.67. The number of hydrogen-bond donors (Lipinski definition) is 2. The molecule has 10 heavy (non-hydrogen) atoms. The fourth-order valence-electron chi connectivity index (χ4n) is 0.706. The minimum atomic E-state index is -0.812. The van der Waals surface area contributed by atoms with Crippen LogP contribution in [-0.2, 0) is 4.79 Å². The van der Waals surface area contributed by atoms with Gasteiger partial charge in [0.2, 0.25) is 0 Å². The van der Waals surface area contributed by atoms with E-state index in [4.69, 9.17) is 10.8 Å². The van der Waals surface area contributed by atoms with Crippen molar-refractivity contribution in [1.29, 1.82) is 0 Å². The summed E-state index contributed by atoms with van der Waals surface area (Å²) >= 11 is 0. The van der Waals surface area contributed by atoms with E-state index in [0.717, 1.165) is 6.42 Å². The van der Waals surface area contributed by atoms with E-state index in [0.29, 0.717) is 5.92 Å². The summed E-state index contributed by atoms with van der Waals surface area (Å²) in [4.78, 5) is 10.2. The van der Waals surface area contributed by atoms with Gasteiger partial charge in [0.1, 0.15) is 0 Å². The number of carboxylic acid groups (broad SMARTS) is 1. The first-order valence-corrected chi connectivity index (χ1v) is 3.55. The molecule has 0 aliphatic carbocycles. The first-order chi connectivity index (χ1) is 4.57. The van der Waals surface area contributed by atoms with Gasteiger partial charge in [0.15, 0.2) is 0 Å². The van der Waals surface area contributed by atoms with Gasteiger partial charge in [-0.25, -0.2) is 0 Å². The number of hydrogen-bond acceptors (Lipinski definition) is 2. The minimum absolute atomic E-state index is 0.0784. The van der Waals surface area contributed by atoms with Crippen LogP contribution in [0.25, 0.3) is 0 Å². The lowest BCUT2D eigenvalue weighted by Crippen LogP contribution is -2.30. The molecular weight excluding hydrogens is 130 g/mol. The number of rotatable bonds is 4. The van der Waals surface area contributed by atoms with E-state index in [2.05, 4.69) is 0 Å². The van der Waals surface area contributed by atoms with E-state index in [9.17, 15) is 4.79 Å². The lowest BCUT2D eigenvalue weighted by atomic mass is 9.98. The fourth-order valence-corrected chi connectivity index (χ4v) is 0.706. The molecule has 0 bridgehead atoms. The van der Waals surface area contributed by atoms with Crippen LogP contribution in [0.2, 0.25) is 0 Å². The van der Waals surface area contributed by atoms with Gasteiger partial charge >= 0.3 is 5.97 Å². The van der Waals surface area contributed by atoms with Crippen molar-refractivity contribution in [2.24, 2.45) is 11.7 Å². The summed E-state index contributed by atoms with van der Waals surface area (Å²) in [6, 6.07) is -0.192. The molecule has 0 aliphatic rings. The molecule has 0 aromatic heterocycles. The monoisotopic (exact) mass is 145 g/mol. The number of aliphatic carboxylic acids is 1. The molecule has 0 aromatic carbocycles. The molecule has 0 aliphatic heterocycles. The average Bonchev–Trinajstić information content (AvgIpc) is 1.85. The Morgan fingerprint density at radius 3 is 2.50 bits per heavy atom. The van der Waals surface area contributed by atoms with Crippen LogP contribution in [0.15, 0.2) is 0 Å². The highest BCUT2D eigenvalue weighted by Gasteiger charge is 2.13. The summed E-state index contributed by atoms with van der Waals surface area (Å²) in [5.41, 5.74) is 5.55. The third-order valence-electron chi connectivity index (χ3n) is 1.79. The molecule has 0 saturated carbocycles. The minimum Gasteiger partial charge on any atom is -0.481 e. The zero-order valence-corrected chi connectivity index (χ0v) is 6.50. The summed E-state index contributed by atoms with van der Waals surface area (Å²) in [6.07, 6.45) is 1.02. The number of nitrogens with two attached hydrogens (primary N) is 1. The van der Waals surface area contributed by atoms with E-state index in [1.165, 1.54) is 0 Å². The maximum atomic E-state index is 10.2. The summed E-state index contributed by atoms with van der Waals surface area (Å²) < 4.78 is 0. The van der Waals surface area contributed by atoms with Gasteiger partial charge in [-0.15, -0.1) is 0 Å². The smallest absolute Gasteiger partial charge is 0.304 e. The maximum Gasteiger partial charge on any atom is 0.304 e. The molecule has 0 rings (SSSR count). The van der Waals surface area contributed by atoms with Gasteiger partial charge in [-0.2, -0.15) is 0 Å². The molecule has 0 amide bonds. The van der Waals surface area contributed by atoms with Crippen LogP contribution >= 0.6 is 0 Å². The van der Waals surface area contributed by atoms with Gasteiger partial charge in [0.05, 0.1) is 6.42 Å². The van der Waals surface area contributed by atoms with E-state index in [1.54, 1.807) is 0 Å². The average molecular weight is 145 g/mol. The van der Waals surface area contributed by atoms with Crippen molar-refractivity contribution in [2.45, 2.75) is 32.7 Å². The lowest BCUT2D eigenvalue weighted by molar-refractivity contribution is -0.137. The molecule has 1 unspecified atom stereocenters. The van der Waals surface area contributed by atoms with Crippen molar-refractivity contribution in [3.8, 4) is 0 Å². The highest BCUT2D eigenvalue weighted by Crippen LogP contribution is 2.07. The summed E-state index contributed by atoms with van der Waals surface area (Å²) in [7, 11) is 0. The number of carbonyl (C=O) groups is 1. The predicted molar refractivity (Wildman–Crippen MR) is 39.7 cm³/mol. The fraction of sp³-hybridized carbons (Fsp3) is 0.857. The molecule has 3 nitrogen and oxygen atoms in total. The molecular formula is C7H15NO2. The van der Waals surface area contributed by atoms with Gasteiger partial charge in [0.25, 0.3) is 0 Å². The second kappa shape index (κ2) is 4.28. The Kier molecular flexibility index (Phi) is 4.03. The Hall–Kier alpha value is -0.570. The van der Waals surface area contributed by atoms with Crippen LogP contribution in [0.5, 0.6) is 0 Å². The molecule has 0 aromatic rings. The number of carboxylic acids is 1. The van der Waals surface area contributed by atoms with Gasteiger partial charge in [0, 0.05) is 6.04 Å². The summed E-state index contributed by atoms with van der Waals surface area (Å²) in [5.74, 6) is -0.510. The first-order valence-electron chi connectivity index (χ1n) is 3.55. The van der Waals surface area contributed by atoms with Gasteiger partial charge < -0.3 is 10.8 Å². The molecule has 0 spiro atoms. The van der Waals surface area contributed by atoms with Crippen molar-refractivity contribution in [3.05, 3.63) is 0 Å². The normalized spacial score (nSPS) is 16.3. The molecule has 0 fully saturated rings. The third kappa shape index (κ3) is 3.45. The van der Waals surface area contributed by atoms with Crippen LogP contribution in [0.4, 0.5) is 0 Å². The van der Waals surface area contributed by atoms with Crippen molar-refractivity contribution >= 4 is 5.97 Å². The zero-order valence-electron chi connectivity index (χ0n) is 6.50. The molecule has 0 radical (unpaired) electrons. The third-order valence-corrected chi connectivity index (χ3v) is 1.79. The molecule has 0 heterocycles. The van der Waals surface area contributed by atoms with E-state index < -0.39 is 5.97 Å². The lowest BCUT2D eigenvalue weighted by Gasteiger charge is -2.15. The van der Waals surface area contributed by atoms with Crippen molar-refractivity contribution in [2.75, 3.05) is 0 Å². The molecule has 3 heteroatoms. The Balaban J connectivity index is 3.61. The zero-order chi connectivity index (χ0) is 8.15. The molecule has 0 saturated heterocycles. The Labute approximate surface area is 61.2 Å². The maximum absolute atomic E-state index is 10.2. The quantitative estimate of drug-likeness (QED) is 0.616. The van der Waals surface area contributed by atoms with Crippen LogP contribution in [0.1, 0.15) is 26.7 Å². The Morgan fingerprint density at radius 2 is 2.20 bits per heavy atom. The highest BCUT2D eigenvalue weighted by atomic mass is 16.4. The molecule has 60 valence electrons. The molecule has 3 N–H and O–H groups in total. The standard InChI is InChI=1S/C7H15NO2/c1-3-5(2)6(8)4-7(9)10/h5-6H,3-4,8H2,1-2H3,(H,9,10)/t5-,6?/m1/s1. The van der Waals surface area contributed by atoms with Crippen molar-refractivity contribution in [1.82, 2.24) is 0 Å². The van der Waals surface area contributed by atoms with Crippen LogP contribution in [0, 0.1) is 5.92 Å². The van der Waals surface area contributed by atoms with Crippen LogP contribution < -0.4 is 5.73 Å². The second-order valence-corrected chi connectivity index (χ2v) is 2.65. The van der Waals surface area contributed by atoms with Gasteiger partial charge in [-0.05, 0) is 5.92 Å². The summed E-state index contributed by atoms with van der Waals surface area (Å²) in [6.45, 7) is 3.97. The van der Waals surface area contributed by atoms with Crippen molar-refractivity contribution in [3.63, 3.8) is 0 Å². The second-order valence-electron chi connectivity index (χ2n) is 2.65. The van der Waals surface area contributed by atoms with E-state index in [-0.39, 0.29) is 12.5 Å². The SMILES string of the molecule is CC[C@@H](C)C(N)CC(=O)O. The van der Waals surface area contributed by atoms with Gasteiger partial charge in [-0.1, -0.05) is 20.3 Å². The Bertz CT molecular complexity index is 114. The van der Waals surface area contributed by atoms with Crippen LogP contribution in [0.3, 0.4) is 0 Å². The largest absolute Gasteiger partial charge is 0.481 e. The predicted octanol–water partition coefficient (Wildman–Crippen LogP) is 0.835. The van der Waals surface area contributed by atoms with Gasteiger partial charge in [-0.3, -0.25) is 4.79 Å². The summed E-state index contributed by atoms with van der Waals surface area (Å²) in [5, 5.41) is 8.35. The topological polar surface area (TPSA) is 63.3 Å². The van der Waals surface area contributed by atoms with E-state index in [1.807, 2.05) is 13.8 Å². The van der Waals surface area contributed by atoms with Crippen LogP contribution in [-0.4, -0.2) is 17.1 Å². The van der Waals surface area contributed by atoms with Crippen molar-refractivity contribution < 1.29 is 9.90 Å². The van der Waals surface area contributed by atoms with E-state index >= 15 is 0 Å². The first kappa shape index (κ1) is 9.43.